The third-order valence-corrected chi connectivity index (χ3v) is 2.92. The van der Waals surface area contributed by atoms with Crippen LogP contribution in [0.3, 0.4) is 0 Å². The first-order valence-electron chi connectivity index (χ1n) is 4.94. The van der Waals surface area contributed by atoms with E-state index in [9.17, 15) is 4.79 Å². The number of hydrogen-bond donors (Lipinski definition) is 2. The van der Waals surface area contributed by atoms with Crippen LogP contribution in [0.1, 0.15) is 23.7 Å². The molecule has 1 saturated carbocycles. The predicted octanol–water partition coefficient (Wildman–Crippen LogP) is 2.06. The molecule has 0 spiro atoms. The van der Waals surface area contributed by atoms with Crippen LogP contribution in [0.4, 0.5) is 5.69 Å². The van der Waals surface area contributed by atoms with E-state index in [4.69, 9.17) is 17.3 Å². The second kappa shape index (κ2) is 3.74. The lowest BCUT2D eigenvalue weighted by molar-refractivity contribution is 0.0950. The number of nitrogens with two attached hydrogens (primary N) is 1. The Kier molecular flexibility index (Phi) is 2.57. The second-order valence-electron chi connectivity index (χ2n) is 4.02. The predicted molar refractivity (Wildman–Crippen MR) is 60.9 cm³/mol. The Morgan fingerprint density at radius 2 is 2.27 bits per heavy atom. The fourth-order valence-electron chi connectivity index (χ4n) is 1.49. The molecule has 1 fully saturated rings. The van der Waals surface area contributed by atoms with Crippen LogP contribution in [0.25, 0.3) is 0 Å². The number of halogens is 1. The fourth-order valence-corrected chi connectivity index (χ4v) is 1.67. The Balaban J connectivity index is 2.14. The summed E-state index contributed by atoms with van der Waals surface area (Å²) < 4.78 is 0. The summed E-state index contributed by atoms with van der Waals surface area (Å²) in [6.07, 6.45) is 1.05. The van der Waals surface area contributed by atoms with Crippen molar-refractivity contribution in [3.05, 3.63) is 28.8 Å². The monoisotopic (exact) mass is 224 g/mol. The molecule has 80 valence electrons. The topological polar surface area (TPSA) is 55.1 Å². The fraction of sp³-hybridized carbons (Fsp3) is 0.364. The average molecular weight is 225 g/mol. The lowest BCUT2D eigenvalue weighted by Crippen LogP contribution is -2.27. The van der Waals surface area contributed by atoms with Crippen LogP contribution in [-0.4, -0.2) is 11.9 Å². The maximum Gasteiger partial charge on any atom is 0.253 e. The highest BCUT2D eigenvalue weighted by atomic mass is 35.5. The van der Waals surface area contributed by atoms with Crippen molar-refractivity contribution < 1.29 is 4.79 Å². The minimum absolute atomic E-state index is 0.135. The number of benzene rings is 1. The highest BCUT2D eigenvalue weighted by molar-refractivity contribution is 6.31. The van der Waals surface area contributed by atoms with Crippen LogP contribution in [-0.2, 0) is 0 Å². The first-order chi connectivity index (χ1) is 7.08. The molecule has 0 saturated heterocycles. The molecule has 0 heterocycles. The average Bonchev–Trinajstić information content (AvgIpc) is 2.86. The van der Waals surface area contributed by atoms with E-state index >= 15 is 0 Å². The number of carbonyl (C=O) groups excluding carboxylic acids is 1. The highest BCUT2D eigenvalue weighted by Gasteiger charge is 2.34. The highest BCUT2D eigenvalue weighted by Crippen LogP contribution is 2.29. The molecule has 0 aliphatic heterocycles. The lowest BCUT2D eigenvalue weighted by Gasteiger charge is -2.06. The standard InChI is InChI=1S/C11H13ClN2O/c1-6-4-10(6)14-11(15)8-5-7(12)2-3-9(8)13/h2-3,5-6,10H,4,13H2,1H3,(H,14,15). The third kappa shape index (κ3) is 2.23. The first-order valence-corrected chi connectivity index (χ1v) is 5.31. The minimum Gasteiger partial charge on any atom is -0.398 e. The van der Waals surface area contributed by atoms with Crippen molar-refractivity contribution in [2.45, 2.75) is 19.4 Å². The van der Waals surface area contributed by atoms with Crippen molar-refractivity contribution in [2.75, 3.05) is 5.73 Å². The maximum absolute atomic E-state index is 11.8. The van der Waals surface area contributed by atoms with E-state index in [-0.39, 0.29) is 5.91 Å². The molecule has 0 bridgehead atoms. The van der Waals surface area contributed by atoms with Gasteiger partial charge in [-0.15, -0.1) is 0 Å². The summed E-state index contributed by atoms with van der Waals surface area (Å²) >= 11 is 5.81. The quantitative estimate of drug-likeness (QED) is 0.756. The summed E-state index contributed by atoms with van der Waals surface area (Å²) in [6.45, 7) is 2.10. The first kappa shape index (κ1) is 10.3. The van der Waals surface area contributed by atoms with Gasteiger partial charge in [0.25, 0.3) is 5.91 Å². The van der Waals surface area contributed by atoms with Gasteiger partial charge in [-0.25, -0.2) is 0 Å². The summed E-state index contributed by atoms with van der Waals surface area (Å²) in [5.74, 6) is 0.443. The van der Waals surface area contributed by atoms with E-state index in [1.54, 1.807) is 18.2 Å². The van der Waals surface area contributed by atoms with Crippen molar-refractivity contribution in [1.82, 2.24) is 5.32 Å². The Labute approximate surface area is 93.6 Å². The number of amides is 1. The van der Waals surface area contributed by atoms with Crippen LogP contribution < -0.4 is 11.1 Å². The van der Waals surface area contributed by atoms with Crippen LogP contribution in [0.2, 0.25) is 5.02 Å². The van der Waals surface area contributed by atoms with E-state index in [0.29, 0.717) is 28.2 Å². The molecule has 1 aliphatic carbocycles. The molecule has 0 aromatic heterocycles. The van der Waals surface area contributed by atoms with Crippen LogP contribution >= 0.6 is 11.6 Å². The molecule has 3 N–H and O–H groups in total. The molecule has 3 nitrogen and oxygen atoms in total. The van der Waals surface area contributed by atoms with Crippen molar-refractivity contribution in [2.24, 2.45) is 5.92 Å². The molecular weight excluding hydrogens is 212 g/mol. The van der Waals surface area contributed by atoms with E-state index < -0.39 is 0 Å². The van der Waals surface area contributed by atoms with Crippen LogP contribution in [0.15, 0.2) is 18.2 Å². The number of anilines is 1. The molecule has 15 heavy (non-hydrogen) atoms. The van der Waals surface area contributed by atoms with E-state index in [0.717, 1.165) is 6.42 Å². The zero-order valence-electron chi connectivity index (χ0n) is 8.46. The van der Waals surface area contributed by atoms with E-state index in [1.165, 1.54) is 0 Å². The summed E-state index contributed by atoms with van der Waals surface area (Å²) in [5, 5.41) is 3.44. The molecule has 4 heteroatoms. The molecular formula is C11H13ClN2O. The minimum atomic E-state index is -0.135. The van der Waals surface area contributed by atoms with Crippen molar-refractivity contribution in [3.63, 3.8) is 0 Å². The number of nitrogen functional groups attached to an aromatic ring is 1. The summed E-state index contributed by atoms with van der Waals surface area (Å²) in [6, 6.07) is 5.22. The van der Waals surface area contributed by atoms with Gasteiger partial charge in [-0.2, -0.15) is 0 Å². The molecule has 2 unspecified atom stereocenters. The van der Waals surface area contributed by atoms with Gasteiger partial charge < -0.3 is 11.1 Å². The number of nitrogens with one attached hydrogen (secondary N) is 1. The number of carbonyl (C=O) groups is 1. The Bertz CT molecular complexity index is 406. The smallest absolute Gasteiger partial charge is 0.253 e. The Morgan fingerprint density at radius 3 is 2.87 bits per heavy atom. The molecule has 1 aromatic carbocycles. The van der Waals surface area contributed by atoms with E-state index in [2.05, 4.69) is 12.2 Å². The maximum atomic E-state index is 11.8. The van der Waals surface area contributed by atoms with Gasteiger partial charge in [0.15, 0.2) is 0 Å². The number of rotatable bonds is 2. The molecule has 2 rings (SSSR count). The molecule has 0 radical (unpaired) electrons. The third-order valence-electron chi connectivity index (χ3n) is 2.69. The Morgan fingerprint density at radius 1 is 1.60 bits per heavy atom. The van der Waals surface area contributed by atoms with E-state index in [1.807, 2.05) is 0 Å². The van der Waals surface area contributed by atoms with Gasteiger partial charge in [0, 0.05) is 16.8 Å². The van der Waals surface area contributed by atoms with Crippen molar-refractivity contribution >= 4 is 23.2 Å². The molecule has 2 atom stereocenters. The van der Waals surface area contributed by atoms with Crippen LogP contribution in [0.5, 0.6) is 0 Å². The van der Waals surface area contributed by atoms with Gasteiger partial charge in [0.1, 0.15) is 0 Å². The number of hydrogen-bond acceptors (Lipinski definition) is 2. The van der Waals surface area contributed by atoms with Gasteiger partial charge in [0.2, 0.25) is 0 Å². The summed E-state index contributed by atoms with van der Waals surface area (Å²) in [4.78, 5) is 11.8. The van der Waals surface area contributed by atoms with Gasteiger partial charge in [0.05, 0.1) is 5.56 Å². The molecule has 1 aromatic rings. The SMILES string of the molecule is CC1CC1NC(=O)c1cc(Cl)ccc1N. The molecule has 1 aliphatic rings. The largest absolute Gasteiger partial charge is 0.398 e. The normalized spacial score (nSPS) is 23.6. The summed E-state index contributed by atoms with van der Waals surface area (Å²) in [5.41, 5.74) is 6.62. The van der Waals surface area contributed by atoms with Crippen molar-refractivity contribution in [3.8, 4) is 0 Å². The van der Waals surface area contributed by atoms with Crippen molar-refractivity contribution in [1.29, 1.82) is 0 Å². The lowest BCUT2D eigenvalue weighted by atomic mass is 10.1. The van der Waals surface area contributed by atoms with Gasteiger partial charge in [-0.3, -0.25) is 4.79 Å². The summed E-state index contributed by atoms with van der Waals surface area (Å²) in [7, 11) is 0. The van der Waals surface area contributed by atoms with Crippen LogP contribution in [0, 0.1) is 5.92 Å². The van der Waals surface area contributed by atoms with Gasteiger partial charge in [-0.05, 0) is 30.5 Å². The van der Waals surface area contributed by atoms with Gasteiger partial charge in [-0.1, -0.05) is 18.5 Å². The Hall–Kier alpha value is -1.22. The second-order valence-corrected chi connectivity index (χ2v) is 4.46. The van der Waals surface area contributed by atoms with Gasteiger partial charge >= 0.3 is 0 Å². The zero-order chi connectivity index (χ0) is 11.0. The molecule has 1 amide bonds. The zero-order valence-corrected chi connectivity index (χ0v) is 9.21.